The number of rotatable bonds is 8. The number of hydrogen-bond donors (Lipinski definition) is 1. The first-order valence-corrected chi connectivity index (χ1v) is 10.7. The maximum atomic E-state index is 14.8. The van der Waals surface area contributed by atoms with Crippen molar-refractivity contribution in [1.82, 2.24) is 19.7 Å². The normalized spacial score (nSPS) is 11.3. The first-order chi connectivity index (χ1) is 17.2. The average Bonchev–Trinajstić information content (AvgIpc) is 3.42. The van der Waals surface area contributed by atoms with Crippen molar-refractivity contribution in [3.05, 3.63) is 70.6 Å². The van der Waals surface area contributed by atoms with E-state index < -0.39 is 34.8 Å². The Labute approximate surface area is 207 Å². The Morgan fingerprint density at radius 3 is 2.53 bits per heavy atom. The molecule has 0 aliphatic carbocycles. The van der Waals surface area contributed by atoms with Crippen LogP contribution in [-0.4, -0.2) is 45.7 Å². The summed E-state index contributed by atoms with van der Waals surface area (Å²) in [7, 11) is 4.03. The fourth-order valence-electron chi connectivity index (χ4n) is 3.43. The summed E-state index contributed by atoms with van der Waals surface area (Å²) in [6, 6.07) is 2.53. The zero-order chi connectivity index (χ0) is 26.0. The molecule has 0 radical (unpaired) electrons. The number of carbonyl (C=O) groups excluding carboxylic acids is 2. The van der Waals surface area contributed by atoms with Crippen molar-refractivity contribution in [2.24, 2.45) is 7.05 Å². The average molecular weight is 518 g/mol. The highest BCUT2D eigenvalue weighted by Crippen LogP contribution is 2.33. The fourth-order valence-corrected chi connectivity index (χ4v) is 3.55. The zero-order valence-electron chi connectivity index (χ0n) is 19.1. The van der Waals surface area contributed by atoms with Crippen molar-refractivity contribution in [2.45, 2.75) is 6.42 Å². The van der Waals surface area contributed by atoms with Gasteiger partial charge in [0.25, 0.3) is 11.7 Å². The fraction of sp³-hybridized carbons (Fsp3) is 0.174. The van der Waals surface area contributed by atoms with E-state index in [4.69, 9.17) is 25.5 Å². The Hall–Kier alpha value is -4.32. The van der Waals surface area contributed by atoms with Crippen LogP contribution >= 0.6 is 11.6 Å². The van der Waals surface area contributed by atoms with E-state index >= 15 is 0 Å². The summed E-state index contributed by atoms with van der Waals surface area (Å²) < 4.78 is 46.2. The maximum absolute atomic E-state index is 14.8. The molecule has 0 fully saturated rings. The van der Waals surface area contributed by atoms with E-state index in [1.807, 2.05) is 0 Å². The van der Waals surface area contributed by atoms with Gasteiger partial charge in [0, 0.05) is 43.0 Å². The smallest absolute Gasteiger partial charge is 0.269 e. The van der Waals surface area contributed by atoms with Gasteiger partial charge in [0.15, 0.2) is 28.7 Å². The van der Waals surface area contributed by atoms with Gasteiger partial charge in [-0.1, -0.05) is 11.6 Å². The van der Waals surface area contributed by atoms with Gasteiger partial charge in [0.2, 0.25) is 5.91 Å². The second-order valence-electron chi connectivity index (χ2n) is 7.40. The van der Waals surface area contributed by atoms with Crippen molar-refractivity contribution in [2.75, 3.05) is 19.5 Å². The highest BCUT2D eigenvalue weighted by atomic mass is 35.5. The number of oxazole rings is 1. The summed E-state index contributed by atoms with van der Waals surface area (Å²) >= 11 is 5.44. The number of benzene rings is 1. The highest BCUT2D eigenvalue weighted by Gasteiger charge is 2.29. The number of pyridine rings is 1. The summed E-state index contributed by atoms with van der Waals surface area (Å²) in [6.07, 6.45) is 4.29. The first kappa shape index (κ1) is 24.8. The third-order valence-electron chi connectivity index (χ3n) is 5.05. The van der Waals surface area contributed by atoms with E-state index in [0.717, 1.165) is 17.7 Å². The highest BCUT2D eigenvalue weighted by molar-refractivity contribution is 6.27. The lowest BCUT2D eigenvalue weighted by atomic mass is 10.1. The standard InChI is InChI=1S/C23H18ClF2N5O5/c1-31-10-14(28-18(32)4-5-24)12(30-31)6-11-7-13-17(9-27-11)36-23(29-13)22(33)19-20(25)15(34-2)8-16(35-3)21(19)26/h4-5,7-10H,6H2,1-3H3,(H,28,32). The van der Waals surface area contributed by atoms with Gasteiger partial charge in [0.05, 0.1) is 31.8 Å². The van der Waals surface area contributed by atoms with Crippen LogP contribution in [-0.2, 0) is 18.3 Å². The number of halogens is 3. The Bertz CT molecular complexity index is 1490. The van der Waals surface area contributed by atoms with Crippen molar-refractivity contribution >= 4 is 40.1 Å². The van der Waals surface area contributed by atoms with Crippen LogP contribution in [0.15, 0.2) is 40.6 Å². The third kappa shape index (κ3) is 4.75. The molecule has 36 heavy (non-hydrogen) atoms. The molecule has 1 N–H and O–H groups in total. The Morgan fingerprint density at radius 2 is 1.89 bits per heavy atom. The van der Waals surface area contributed by atoms with E-state index in [-0.39, 0.29) is 29.0 Å². The predicted molar refractivity (Wildman–Crippen MR) is 124 cm³/mol. The second-order valence-corrected chi connectivity index (χ2v) is 7.65. The van der Waals surface area contributed by atoms with Gasteiger partial charge < -0.3 is 19.2 Å². The molecule has 186 valence electrons. The van der Waals surface area contributed by atoms with Crippen LogP contribution in [0.1, 0.15) is 27.6 Å². The van der Waals surface area contributed by atoms with Crippen molar-refractivity contribution in [3.63, 3.8) is 0 Å². The molecule has 0 saturated heterocycles. The molecule has 13 heteroatoms. The Balaban J connectivity index is 1.66. The number of amides is 1. The summed E-state index contributed by atoms with van der Waals surface area (Å²) in [5.41, 5.74) is 1.96. The molecule has 0 aliphatic rings. The van der Waals surface area contributed by atoms with Gasteiger partial charge in [-0.3, -0.25) is 19.3 Å². The minimum absolute atomic E-state index is 0.125. The first-order valence-electron chi connectivity index (χ1n) is 10.3. The predicted octanol–water partition coefficient (Wildman–Crippen LogP) is 3.76. The molecular weight excluding hydrogens is 500 g/mol. The molecule has 3 aromatic heterocycles. The number of carbonyl (C=O) groups is 2. The molecule has 0 aliphatic heterocycles. The number of ether oxygens (including phenoxy) is 2. The van der Waals surface area contributed by atoms with Crippen molar-refractivity contribution in [1.29, 1.82) is 0 Å². The molecule has 3 heterocycles. The van der Waals surface area contributed by atoms with Crippen LogP contribution in [0, 0.1) is 11.6 Å². The van der Waals surface area contributed by atoms with E-state index in [2.05, 4.69) is 20.4 Å². The number of anilines is 1. The molecule has 10 nitrogen and oxygen atoms in total. The number of nitrogens with zero attached hydrogens (tertiary/aromatic N) is 4. The number of aryl methyl sites for hydroxylation is 1. The minimum Gasteiger partial charge on any atom is -0.494 e. The van der Waals surface area contributed by atoms with Crippen molar-refractivity contribution in [3.8, 4) is 11.5 Å². The van der Waals surface area contributed by atoms with Crippen LogP contribution in [0.2, 0.25) is 0 Å². The minimum atomic E-state index is -1.21. The summed E-state index contributed by atoms with van der Waals surface area (Å²) in [5.74, 6) is -5.30. The van der Waals surface area contributed by atoms with Gasteiger partial charge in [-0.2, -0.15) is 5.10 Å². The lowest BCUT2D eigenvalue weighted by Gasteiger charge is -2.10. The molecule has 0 unspecified atom stereocenters. The van der Waals surface area contributed by atoms with Gasteiger partial charge >= 0.3 is 0 Å². The Morgan fingerprint density at radius 1 is 1.19 bits per heavy atom. The van der Waals surface area contributed by atoms with Crippen LogP contribution in [0.25, 0.3) is 11.1 Å². The van der Waals surface area contributed by atoms with Gasteiger partial charge in [-0.05, 0) is 6.07 Å². The lowest BCUT2D eigenvalue weighted by Crippen LogP contribution is -2.10. The number of aromatic nitrogens is 4. The number of fused-ring (bicyclic) bond motifs is 1. The van der Waals surface area contributed by atoms with Gasteiger partial charge in [0.1, 0.15) is 11.1 Å². The van der Waals surface area contributed by atoms with Crippen LogP contribution in [0.4, 0.5) is 14.5 Å². The van der Waals surface area contributed by atoms with E-state index in [1.165, 1.54) is 31.2 Å². The van der Waals surface area contributed by atoms with Crippen LogP contribution in [0.3, 0.4) is 0 Å². The molecule has 1 amide bonds. The summed E-state index contributed by atoms with van der Waals surface area (Å²) in [5, 5.41) is 6.99. The summed E-state index contributed by atoms with van der Waals surface area (Å²) in [6.45, 7) is 0. The Kier molecular flexibility index (Phi) is 6.97. The number of ketones is 1. The quantitative estimate of drug-likeness (QED) is 0.277. The number of hydrogen-bond acceptors (Lipinski definition) is 8. The lowest BCUT2D eigenvalue weighted by molar-refractivity contribution is -0.111. The van der Waals surface area contributed by atoms with E-state index in [0.29, 0.717) is 17.1 Å². The third-order valence-corrected chi connectivity index (χ3v) is 5.18. The van der Waals surface area contributed by atoms with Crippen LogP contribution in [0.5, 0.6) is 11.5 Å². The maximum Gasteiger partial charge on any atom is 0.269 e. The molecule has 0 bridgehead atoms. The molecule has 0 spiro atoms. The zero-order valence-corrected chi connectivity index (χ0v) is 19.9. The SMILES string of the molecule is COc1cc(OC)c(F)c(C(=O)c2nc3cc(Cc4nn(C)cc4NC(=O)C=CCl)ncc3o2)c1F. The second kappa shape index (κ2) is 10.1. The van der Waals surface area contributed by atoms with Gasteiger partial charge in [-0.25, -0.2) is 13.8 Å². The number of methoxy groups -OCH3 is 2. The van der Waals surface area contributed by atoms with Crippen molar-refractivity contribution < 1.29 is 32.3 Å². The molecule has 0 atom stereocenters. The largest absolute Gasteiger partial charge is 0.494 e. The molecule has 1 aromatic carbocycles. The van der Waals surface area contributed by atoms with Crippen LogP contribution < -0.4 is 14.8 Å². The summed E-state index contributed by atoms with van der Waals surface area (Å²) in [4.78, 5) is 33.2. The molecular formula is C23H18ClF2N5O5. The van der Waals surface area contributed by atoms with E-state index in [1.54, 1.807) is 13.2 Å². The van der Waals surface area contributed by atoms with Gasteiger partial charge in [-0.15, -0.1) is 0 Å². The molecule has 0 saturated carbocycles. The monoisotopic (exact) mass is 517 g/mol. The molecule has 4 rings (SSSR count). The topological polar surface area (TPSA) is 121 Å². The van der Waals surface area contributed by atoms with E-state index in [9.17, 15) is 18.4 Å². The molecule has 4 aromatic rings. The number of nitrogens with one attached hydrogen (secondary N) is 1.